The highest BCUT2D eigenvalue weighted by molar-refractivity contribution is 5.83. The molecule has 0 heterocycles. The van der Waals surface area contributed by atoms with E-state index in [-0.39, 0.29) is 0 Å². The summed E-state index contributed by atoms with van der Waals surface area (Å²) in [6, 6.07) is 16.1. The summed E-state index contributed by atoms with van der Waals surface area (Å²) in [5.41, 5.74) is 4.19. The number of hydrogen-bond acceptors (Lipinski definition) is 3. The Morgan fingerprint density at radius 1 is 1.10 bits per heavy atom. The Hall–Kier alpha value is -2.29. The second kappa shape index (κ2) is 6.75. The lowest BCUT2D eigenvalue weighted by Gasteiger charge is -2.08. The van der Waals surface area contributed by atoms with Crippen LogP contribution in [0, 0.1) is 6.92 Å². The fourth-order valence-electron chi connectivity index (χ4n) is 2.00. The van der Waals surface area contributed by atoms with E-state index >= 15 is 0 Å². The van der Waals surface area contributed by atoms with Crippen molar-refractivity contribution in [3.8, 4) is 5.75 Å². The molecule has 0 atom stereocenters. The maximum atomic E-state index is 8.65. The first-order valence-electron chi connectivity index (χ1n) is 6.62. The van der Waals surface area contributed by atoms with E-state index in [0.29, 0.717) is 18.7 Å². The third-order valence-corrected chi connectivity index (χ3v) is 3.04. The van der Waals surface area contributed by atoms with E-state index in [0.717, 1.165) is 16.9 Å². The molecule has 3 heteroatoms. The highest BCUT2D eigenvalue weighted by Crippen LogP contribution is 2.15. The number of oxime groups is 1. The van der Waals surface area contributed by atoms with Gasteiger partial charge in [-0.2, -0.15) is 0 Å². The lowest BCUT2D eigenvalue weighted by atomic mass is 10.1. The van der Waals surface area contributed by atoms with Gasteiger partial charge in [0, 0.05) is 6.42 Å². The molecule has 0 aliphatic carbocycles. The summed E-state index contributed by atoms with van der Waals surface area (Å²) < 4.78 is 5.75. The minimum atomic E-state index is 0.568. The SMILES string of the molecule is C/C(Cc1ccc(OCc2cccc(C)c2)cc1)=N/O. The number of ether oxygens (including phenoxy) is 1. The van der Waals surface area contributed by atoms with Crippen LogP contribution in [-0.2, 0) is 13.0 Å². The zero-order chi connectivity index (χ0) is 14.4. The molecule has 0 saturated carbocycles. The Balaban J connectivity index is 1.94. The molecule has 0 spiro atoms. The van der Waals surface area contributed by atoms with Gasteiger partial charge in [-0.05, 0) is 37.1 Å². The van der Waals surface area contributed by atoms with E-state index in [1.807, 2.05) is 30.3 Å². The van der Waals surface area contributed by atoms with Crippen molar-refractivity contribution < 1.29 is 9.94 Å². The normalized spacial score (nSPS) is 11.4. The average molecular weight is 269 g/mol. The summed E-state index contributed by atoms with van der Waals surface area (Å²) >= 11 is 0. The third kappa shape index (κ3) is 4.12. The van der Waals surface area contributed by atoms with Gasteiger partial charge in [0.2, 0.25) is 0 Å². The van der Waals surface area contributed by atoms with E-state index in [2.05, 4.69) is 30.3 Å². The number of rotatable bonds is 5. The number of hydrogen-bond donors (Lipinski definition) is 1. The molecule has 1 N–H and O–H groups in total. The van der Waals surface area contributed by atoms with Crippen LogP contribution in [0.1, 0.15) is 23.6 Å². The van der Waals surface area contributed by atoms with Gasteiger partial charge in [-0.25, -0.2) is 0 Å². The van der Waals surface area contributed by atoms with Gasteiger partial charge in [-0.15, -0.1) is 0 Å². The van der Waals surface area contributed by atoms with Crippen LogP contribution in [0.25, 0.3) is 0 Å². The maximum Gasteiger partial charge on any atom is 0.119 e. The summed E-state index contributed by atoms with van der Waals surface area (Å²) in [6.45, 7) is 4.43. The van der Waals surface area contributed by atoms with Crippen molar-refractivity contribution in [3.63, 3.8) is 0 Å². The molecule has 20 heavy (non-hydrogen) atoms. The van der Waals surface area contributed by atoms with Crippen molar-refractivity contribution in [2.75, 3.05) is 0 Å². The molecule has 2 aromatic carbocycles. The van der Waals surface area contributed by atoms with Crippen molar-refractivity contribution >= 4 is 5.71 Å². The molecule has 0 aliphatic rings. The zero-order valence-corrected chi connectivity index (χ0v) is 11.8. The average Bonchev–Trinajstić information content (AvgIpc) is 2.46. The largest absolute Gasteiger partial charge is 0.489 e. The van der Waals surface area contributed by atoms with Gasteiger partial charge in [0.05, 0.1) is 5.71 Å². The standard InChI is InChI=1S/C17H19NO2/c1-13-4-3-5-16(10-13)12-20-17-8-6-15(7-9-17)11-14(2)18-19/h3-10,19H,11-12H2,1-2H3/b18-14-. The van der Waals surface area contributed by atoms with Crippen LogP contribution in [0.3, 0.4) is 0 Å². The first kappa shape index (κ1) is 14.1. The summed E-state index contributed by atoms with van der Waals surface area (Å²) in [4.78, 5) is 0. The van der Waals surface area contributed by atoms with Gasteiger partial charge in [0.25, 0.3) is 0 Å². The van der Waals surface area contributed by atoms with E-state index in [4.69, 9.17) is 9.94 Å². The molecular formula is C17H19NO2. The van der Waals surface area contributed by atoms with Crippen LogP contribution in [0.5, 0.6) is 5.75 Å². The molecule has 104 valence electrons. The minimum Gasteiger partial charge on any atom is -0.489 e. The Morgan fingerprint density at radius 3 is 2.50 bits per heavy atom. The van der Waals surface area contributed by atoms with Crippen molar-refractivity contribution in [1.29, 1.82) is 0 Å². The fraction of sp³-hybridized carbons (Fsp3) is 0.235. The molecule has 0 fully saturated rings. The summed E-state index contributed by atoms with van der Waals surface area (Å²) in [7, 11) is 0. The molecule has 0 saturated heterocycles. The predicted octanol–water partition coefficient (Wildman–Crippen LogP) is 3.97. The van der Waals surface area contributed by atoms with Gasteiger partial charge in [0.15, 0.2) is 0 Å². The van der Waals surface area contributed by atoms with Crippen LogP contribution in [0.2, 0.25) is 0 Å². The lowest BCUT2D eigenvalue weighted by Crippen LogP contribution is -1.98. The van der Waals surface area contributed by atoms with Crippen LogP contribution in [-0.4, -0.2) is 10.9 Å². The van der Waals surface area contributed by atoms with E-state index in [1.165, 1.54) is 5.56 Å². The Labute approximate surface area is 119 Å². The Kier molecular flexibility index (Phi) is 4.77. The molecule has 0 unspecified atom stereocenters. The van der Waals surface area contributed by atoms with Gasteiger partial charge in [-0.1, -0.05) is 47.1 Å². The molecule has 2 aromatic rings. The zero-order valence-electron chi connectivity index (χ0n) is 11.8. The Morgan fingerprint density at radius 2 is 1.85 bits per heavy atom. The molecule has 0 bridgehead atoms. The van der Waals surface area contributed by atoms with Crippen molar-refractivity contribution in [2.45, 2.75) is 26.9 Å². The maximum absolute atomic E-state index is 8.65. The lowest BCUT2D eigenvalue weighted by molar-refractivity contribution is 0.306. The molecule has 0 radical (unpaired) electrons. The van der Waals surface area contributed by atoms with Crippen LogP contribution in [0.4, 0.5) is 0 Å². The molecule has 3 nitrogen and oxygen atoms in total. The van der Waals surface area contributed by atoms with E-state index in [1.54, 1.807) is 6.92 Å². The molecule has 0 amide bonds. The first-order chi connectivity index (χ1) is 9.67. The van der Waals surface area contributed by atoms with E-state index < -0.39 is 0 Å². The smallest absolute Gasteiger partial charge is 0.119 e. The van der Waals surface area contributed by atoms with Gasteiger partial charge >= 0.3 is 0 Å². The highest BCUT2D eigenvalue weighted by atomic mass is 16.5. The van der Waals surface area contributed by atoms with E-state index in [9.17, 15) is 0 Å². The fourth-order valence-corrected chi connectivity index (χ4v) is 2.00. The second-order valence-corrected chi connectivity index (χ2v) is 4.93. The quantitative estimate of drug-likeness (QED) is 0.507. The minimum absolute atomic E-state index is 0.568. The van der Waals surface area contributed by atoms with Crippen LogP contribution < -0.4 is 4.74 Å². The topological polar surface area (TPSA) is 41.8 Å². The number of benzene rings is 2. The first-order valence-corrected chi connectivity index (χ1v) is 6.62. The van der Waals surface area contributed by atoms with Crippen LogP contribution in [0.15, 0.2) is 53.7 Å². The van der Waals surface area contributed by atoms with Crippen LogP contribution >= 0.6 is 0 Å². The summed E-state index contributed by atoms with van der Waals surface area (Å²) in [5.74, 6) is 0.842. The Bertz CT molecular complexity index is 588. The summed E-state index contributed by atoms with van der Waals surface area (Å²) in [6.07, 6.45) is 0.647. The molecular weight excluding hydrogens is 250 g/mol. The molecule has 2 rings (SSSR count). The van der Waals surface area contributed by atoms with Gasteiger partial charge in [-0.3, -0.25) is 0 Å². The molecule has 0 aromatic heterocycles. The van der Waals surface area contributed by atoms with Crippen molar-refractivity contribution in [2.24, 2.45) is 5.16 Å². The summed E-state index contributed by atoms with van der Waals surface area (Å²) in [5, 5.41) is 11.8. The monoisotopic (exact) mass is 269 g/mol. The third-order valence-electron chi connectivity index (χ3n) is 3.04. The van der Waals surface area contributed by atoms with Gasteiger partial charge in [0.1, 0.15) is 12.4 Å². The predicted molar refractivity (Wildman–Crippen MR) is 80.6 cm³/mol. The van der Waals surface area contributed by atoms with Crippen molar-refractivity contribution in [3.05, 3.63) is 65.2 Å². The number of nitrogens with zero attached hydrogens (tertiary/aromatic N) is 1. The second-order valence-electron chi connectivity index (χ2n) is 4.93. The number of aryl methyl sites for hydroxylation is 1. The van der Waals surface area contributed by atoms with Gasteiger partial charge < -0.3 is 9.94 Å². The van der Waals surface area contributed by atoms with Crippen molar-refractivity contribution in [1.82, 2.24) is 0 Å². The highest BCUT2D eigenvalue weighted by Gasteiger charge is 1.99. The molecule has 0 aliphatic heterocycles.